The Hall–Kier alpha value is -1.89. The highest BCUT2D eigenvalue weighted by atomic mass is 16.6. The van der Waals surface area contributed by atoms with E-state index in [4.69, 9.17) is 5.73 Å². The quantitative estimate of drug-likeness (QED) is 0.702. The van der Waals surface area contributed by atoms with Gasteiger partial charge in [0.15, 0.2) is 5.82 Å². The molecule has 0 aromatic carbocycles. The molecule has 1 aromatic heterocycles. The van der Waals surface area contributed by atoms with E-state index in [2.05, 4.69) is 14.9 Å². The number of ether oxygens (including phenoxy) is 1. The van der Waals surface area contributed by atoms with Crippen LogP contribution in [0.5, 0.6) is 5.88 Å². The second-order valence-corrected chi connectivity index (χ2v) is 3.54. The highest BCUT2D eigenvalue weighted by molar-refractivity contribution is 5.67. The predicted molar refractivity (Wildman–Crippen MR) is 55.1 cm³/mol. The summed E-state index contributed by atoms with van der Waals surface area (Å²) in [5, 5.41) is 16.9. The fourth-order valence-corrected chi connectivity index (χ4v) is 1.59. The molecule has 3 N–H and O–H groups in total. The highest BCUT2D eigenvalue weighted by Crippen LogP contribution is 2.18. The highest BCUT2D eigenvalue weighted by Gasteiger charge is 2.21. The maximum Gasteiger partial charge on any atom is 0.411 e. The van der Waals surface area contributed by atoms with Crippen molar-refractivity contribution in [2.45, 2.75) is 12.5 Å². The number of aromatic nitrogens is 2. The normalized spacial score (nSPS) is 19.8. The van der Waals surface area contributed by atoms with Crippen LogP contribution in [0.25, 0.3) is 0 Å². The van der Waals surface area contributed by atoms with E-state index < -0.39 is 6.09 Å². The molecule has 2 rings (SSSR count). The van der Waals surface area contributed by atoms with Gasteiger partial charge in [-0.15, -0.1) is 10.2 Å². The number of primary amides is 1. The minimum atomic E-state index is -0.918. The van der Waals surface area contributed by atoms with Gasteiger partial charge in [-0.2, -0.15) is 0 Å². The van der Waals surface area contributed by atoms with Crippen molar-refractivity contribution in [2.75, 3.05) is 18.0 Å². The monoisotopic (exact) mass is 224 g/mol. The molecule has 1 amide bonds. The minimum absolute atomic E-state index is 0.0657. The molecule has 1 unspecified atom stereocenters. The summed E-state index contributed by atoms with van der Waals surface area (Å²) in [7, 11) is 0. The van der Waals surface area contributed by atoms with Gasteiger partial charge in [0.2, 0.25) is 5.88 Å². The molecule has 1 aliphatic heterocycles. The first-order valence-electron chi connectivity index (χ1n) is 4.89. The molecule has 0 saturated carbocycles. The second-order valence-electron chi connectivity index (χ2n) is 3.54. The lowest BCUT2D eigenvalue weighted by atomic mass is 10.3. The average Bonchev–Trinajstić information content (AvgIpc) is 2.65. The number of carbonyl (C=O) groups excluding carboxylic acids is 1. The Morgan fingerprint density at radius 1 is 1.56 bits per heavy atom. The summed E-state index contributed by atoms with van der Waals surface area (Å²) >= 11 is 0. The standard InChI is InChI=1S/C9H12N4O3/c10-9(15)16-8-2-1-7(11-12-8)13-4-3-6(14)5-13/h1-2,6,14H,3-5H2,(H2,10,15). The van der Waals surface area contributed by atoms with Gasteiger partial charge in [-0.05, 0) is 12.5 Å². The first-order valence-corrected chi connectivity index (χ1v) is 4.89. The van der Waals surface area contributed by atoms with E-state index in [1.807, 2.05) is 4.90 Å². The topological polar surface area (TPSA) is 102 Å². The number of hydrogen-bond donors (Lipinski definition) is 2. The molecule has 2 heterocycles. The number of β-amino-alcohol motifs (C(OH)–C–C–N with tert-alkyl or cyclic N) is 1. The van der Waals surface area contributed by atoms with Crippen molar-refractivity contribution in [1.29, 1.82) is 0 Å². The lowest BCUT2D eigenvalue weighted by molar-refractivity contribution is 0.198. The van der Waals surface area contributed by atoms with Crippen LogP contribution in [0.2, 0.25) is 0 Å². The van der Waals surface area contributed by atoms with Crippen LogP contribution in [0.4, 0.5) is 10.6 Å². The number of aliphatic hydroxyl groups is 1. The van der Waals surface area contributed by atoms with Crippen LogP contribution < -0.4 is 15.4 Å². The minimum Gasteiger partial charge on any atom is -0.391 e. The maximum atomic E-state index is 10.4. The van der Waals surface area contributed by atoms with E-state index >= 15 is 0 Å². The lowest BCUT2D eigenvalue weighted by Crippen LogP contribution is -2.23. The first-order chi connectivity index (χ1) is 7.65. The molecule has 86 valence electrons. The maximum absolute atomic E-state index is 10.4. The van der Waals surface area contributed by atoms with Crippen molar-refractivity contribution >= 4 is 11.9 Å². The van der Waals surface area contributed by atoms with E-state index in [-0.39, 0.29) is 12.0 Å². The van der Waals surface area contributed by atoms with Crippen LogP contribution in [0, 0.1) is 0 Å². The van der Waals surface area contributed by atoms with Gasteiger partial charge in [0.1, 0.15) is 0 Å². The Morgan fingerprint density at radius 3 is 2.88 bits per heavy atom. The fourth-order valence-electron chi connectivity index (χ4n) is 1.59. The second kappa shape index (κ2) is 4.31. The van der Waals surface area contributed by atoms with Crippen molar-refractivity contribution in [2.24, 2.45) is 5.73 Å². The molecule has 1 saturated heterocycles. The number of aliphatic hydroxyl groups excluding tert-OH is 1. The molecule has 0 aliphatic carbocycles. The van der Waals surface area contributed by atoms with Crippen molar-refractivity contribution in [3.05, 3.63) is 12.1 Å². The van der Waals surface area contributed by atoms with Crippen LogP contribution in [0.1, 0.15) is 6.42 Å². The molecule has 1 aromatic rings. The zero-order valence-corrected chi connectivity index (χ0v) is 8.54. The number of amides is 1. The van der Waals surface area contributed by atoms with Crippen LogP contribution in [0.3, 0.4) is 0 Å². The zero-order chi connectivity index (χ0) is 11.5. The van der Waals surface area contributed by atoms with Crippen molar-refractivity contribution in [3.8, 4) is 5.88 Å². The Morgan fingerprint density at radius 2 is 2.38 bits per heavy atom. The Balaban J connectivity index is 2.04. The van der Waals surface area contributed by atoms with E-state index in [9.17, 15) is 9.90 Å². The Bertz CT molecular complexity index is 381. The van der Waals surface area contributed by atoms with E-state index in [1.165, 1.54) is 6.07 Å². The van der Waals surface area contributed by atoms with Crippen molar-refractivity contribution in [3.63, 3.8) is 0 Å². The zero-order valence-electron chi connectivity index (χ0n) is 8.54. The molecular formula is C9H12N4O3. The van der Waals surface area contributed by atoms with E-state index in [1.54, 1.807) is 6.07 Å². The number of anilines is 1. The summed E-state index contributed by atoms with van der Waals surface area (Å²) in [5.41, 5.74) is 4.83. The smallest absolute Gasteiger partial charge is 0.391 e. The molecule has 1 aliphatic rings. The fraction of sp³-hybridized carbons (Fsp3) is 0.444. The molecule has 0 bridgehead atoms. The average molecular weight is 224 g/mol. The Kier molecular flexibility index (Phi) is 2.86. The predicted octanol–water partition coefficient (Wildman–Crippen LogP) is -0.495. The van der Waals surface area contributed by atoms with Gasteiger partial charge in [0.05, 0.1) is 6.10 Å². The van der Waals surface area contributed by atoms with Gasteiger partial charge in [-0.3, -0.25) is 0 Å². The number of nitrogens with zero attached hydrogens (tertiary/aromatic N) is 3. The van der Waals surface area contributed by atoms with Gasteiger partial charge in [0.25, 0.3) is 0 Å². The van der Waals surface area contributed by atoms with E-state index in [0.29, 0.717) is 12.4 Å². The summed E-state index contributed by atoms with van der Waals surface area (Å²) in [4.78, 5) is 12.4. The van der Waals surface area contributed by atoms with Crippen LogP contribution in [0.15, 0.2) is 12.1 Å². The third-order valence-electron chi connectivity index (χ3n) is 2.32. The number of nitrogens with two attached hydrogens (primary N) is 1. The van der Waals surface area contributed by atoms with Crippen LogP contribution in [-0.2, 0) is 0 Å². The number of hydrogen-bond acceptors (Lipinski definition) is 6. The third-order valence-corrected chi connectivity index (χ3v) is 2.32. The van der Waals surface area contributed by atoms with Crippen molar-refractivity contribution in [1.82, 2.24) is 10.2 Å². The molecule has 16 heavy (non-hydrogen) atoms. The molecule has 1 atom stereocenters. The van der Waals surface area contributed by atoms with Crippen LogP contribution in [-0.4, -0.2) is 40.6 Å². The molecule has 0 radical (unpaired) electrons. The van der Waals surface area contributed by atoms with Gasteiger partial charge in [0, 0.05) is 19.2 Å². The molecule has 7 nitrogen and oxygen atoms in total. The van der Waals surface area contributed by atoms with Crippen LogP contribution >= 0.6 is 0 Å². The number of carbonyl (C=O) groups is 1. The summed E-state index contributed by atoms with van der Waals surface area (Å²) in [5.74, 6) is 0.712. The van der Waals surface area contributed by atoms with E-state index in [0.717, 1.165) is 13.0 Å². The molecule has 0 spiro atoms. The Labute approximate surface area is 91.8 Å². The molecular weight excluding hydrogens is 212 g/mol. The summed E-state index contributed by atoms with van der Waals surface area (Å²) in [6.07, 6.45) is -0.511. The van der Waals surface area contributed by atoms with Crippen molar-refractivity contribution < 1.29 is 14.6 Å². The first kappa shape index (κ1) is 10.6. The summed E-state index contributed by atoms with van der Waals surface area (Å²) < 4.78 is 4.55. The summed E-state index contributed by atoms with van der Waals surface area (Å²) in [6.45, 7) is 1.29. The van der Waals surface area contributed by atoms with Gasteiger partial charge in [-0.1, -0.05) is 0 Å². The largest absolute Gasteiger partial charge is 0.411 e. The lowest BCUT2D eigenvalue weighted by Gasteiger charge is -2.15. The number of rotatable bonds is 2. The molecule has 7 heteroatoms. The van der Waals surface area contributed by atoms with Gasteiger partial charge in [-0.25, -0.2) is 4.79 Å². The van der Waals surface area contributed by atoms with Gasteiger partial charge >= 0.3 is 6.09 Å². The molecule has 1 fully saturated rings. The third kappa shape index (κ3) is 2.37. The summed E-state index contributed by atoms with van der Waals surface area (Å²) in [6, 6.07) is 3.18. The van der Waals surface area contributed by atoms with Gasteiger partial charge < -0.3 is 20.5 Å². The SMILES string of the molecule is NC(=O)Oc1ccc(N2CCC(O)C2)nn1.